The van der Waals surface area contributed by atoms with Gasteiger partial charge in [0, 0.05) is 13.2 Å². The largest absolute Gasteiger partial charge is 0.396 e. The third kappa shape index (κ3) is 8.47. The number of sulfonamides is 1. The third-order valence-corrected chi connectivity index (χ3v) is 3.05. The van der Waals surface area contributed by atoms with Crippen LogP contribution in [0, 0.1) is 5.41 Å². The Morgan fingerprint density at radius 2 is 1.79 bits per heavy atom. The molecule has 0 aliphatic rings. The van der Waals surface area contributed by atoms with Gasteiger partial charge in [0.2, 0.25) is 10.0 Å². The molecule has 0 aromatic rings. The van der Waals surface area contributed by atoms with E-state index in [4.69, 9.17) is 5.11 Å². The zero-order valence-corrected chi connectivity index (χ0v) is 10.0. The summed E-state index contributed by atoms with van der Waals surface area (Å²) in [6.07, 6.45) is 1.05. The SMILES string of the molecule is CC(C)(C)CNS(=O)(=O)CCCCO. The topological polar surface area (TPSA) is 66.4 Å². The second-order valence-electron chi connectivity index (χ2n) is 4.63. The van der Waals surface area contributed by atoms with Gasteiger partial charge in [-0.1, -0.05) is 20.8 Å². The maximum atomic E-state index is 11.4. The lowest BCUT2D eigenvalue weighted by atomic mass is 9.98. The lowest BCUT2D eigenvalue weighted by Gasteiger charge is -2.18. The van der Waals surface area contributed by atoms with Crippen LogP contribution < -0.4 is 4.72 Å². The first kappa shape index (κ1) is 13.9. The van der Waals surface area contributed by atoms with Gasteiger partial charge in [-0.25, -0.2) is 13.1 Å². The van der Waals surface area contributed by atoms with Crippen molar-refractivity contribution in [2.24, 2.45) is 5.41 Å². The van der Waals surface area contributed by atoms with Gasteiger partial charge in [0.1, 0.15) is 0 Å². The van der Waals surface area contributed by atoms with Crippen molar-refractivity contribution in [3.63, 3.8) is 0 Å². The number of hydrogen-bond acceptors (Lipinski definition) is 3. The molecule has 0 atom stereocenters. The Morgan fingerprint density at radius 3 is 2.21 bits per heavy atom. The maximum absolute atomic E-state index is 11.4. The van der Waals surface area contributed by atoms with Gasteiger partial charge in [0.15, 0.2) is 0 Å². The van der Waals surface area contributed by atoms with E-state index in [1.54, 1.807) is 0 Å². The van der Waals surface area contributed by atoms with Gasteiger partial charge in [-0.2, -0.15) is 0 Å². The molecule has 0 saturated carbocycles. The molecule has 0 heterocycles. The molecule has 14 heavy (non-hydrogen) atoms. The van der Waals surface area contributed by atoms with Gasteiger partial charge >= 0.3 is 0 Å². The van der Waals surface area contributed by atoms with Crippen LogP contribution in [0.15, 0.2) is 0 Å². The van der Waals surface area contributed by atoms with E-state index >= 15 is 0 Å². The molecule has 5 heteroatoms. The highest BCUT2D eigenvalue weighted by atomic mass is 32.2. The number of rotatable bonds is 6. The van der Waals surface area contributed by atoms with Crippen LogP contribution in [-0.4, -0.2) is 32.4 Å². The van der Waals surface area contributed by atoms with Gasteiger partial charge < -0.3 is 5.11 Å². The van der Waals surface area contributed by atoms with Gasteiger partial charge in [-0.15, -0.1) is 0 Å². The van der Waals surface area contributed by atoms with E-state index < -0.39 is 10.0 Å². The number of aliphatic hydroxyl groups excluding tert-OH is 1. The molecule has 0 aromatic heterocycles. The average Bonchev–Trinajstić information content (AvgIpc) is 2.00. The van der Waals surface area contributed by atoms with Crippen molar-refractivity contribution < 1.29 is 13.5 Å². The van der Waals surface area contributed by atoms with Crippen LogP contribution in [-0.2, 0) is 10.0 Å². The molecule has 0 spiro atoms. The van der Waals surface area contributed by atoms with Crippen LogP contribution in [0.2, 0.25) is 0 Å². The molecule has 86 valence electrons. The molecular weight excluding hydrogens is 202 g/mol. The predicted octanol–water partition coefficient (Wildman–Crippen LogP) is 0.724. The first-order chi connectivity index (χ1) is 6.27. The van der Waals surface area contributed by atoms with Crippen LogP contribution in [0.3, 0.4) is 0 Å². The highest BCUT2D eigenvalue weighted by Crippen LogP contribution is 2.11. The molecule has 0 aliphatic carbocycles. The molecule has 4 nitrogen and oxygen atoms in total. The average molecular weight is 223 g/mol. The summed E-state index contributed by atoms with van der Waals surface area (Å²) in [5, 5.41) is 8.51. The van der Waals surface area contributed by atoms with E-state index in [0.717, 1.165) is 0 Å². The van der Waals surface area contributed by atoms with Crippen molar-refractivity contribution in [2.75, 3.05) is 18.9 Å². The summed E-state index contributed by atoms with van der Waals surface area (Å²) in [7, 11) is -3.15. The summed E-state index contributed by atoms with van der Waals surface area (Å²) in [5.41, 5.74) is -0.0377. The highest BCUT2D eigenvalue weighted by molar-refractivity contribution is 7.89. The number of hydrogen-bond donors (Lipinski definition) is 2. The van der Waals surface area contributed by atoms with E-state index in [-0.39, 0.29) is 17.8 Å². The standard InChI is InChI=1S/C9H21NO3S/c1-9(2,3)8-10-14(12,13)7-5-4-6-11/h10-11H,4-8H2,1-3H3. The summed E-state index contributed by atoms with van der Waals surface area (Å²) >= 11 is 0. The van der Waals surface area contributed by atoms with E-state index in [1.165, 1.54) is 0 Å². The molecule has 0 rings (SSSR count). The Bertz CT molecular complexity index is 241. The van der Waals surface area contributed by atoms with Crippen molar-refractivity contribution in [3.05, 3.63) is 0 Å². The van der Waals surface area contributed by atoms with Crippen molar-refractivity contribution in [2.45, 2.75) is 33.6 Å². The van der Waals surface area contributed by atoms with Crippen molar-refractivity contribution >= 4 is 10.0 Å². The Hall–Kier alpha value is -0.130. The number of unbranched alkanes of at least 4 members (excludes halogenated alkanes) is 1. The first-order valence-electron chi connectivity index (χ1n) is 4.85. The fourth-order valence-electron chi connectivity index (χ4n) is 0.803. The van der Waals surface area contributed by atoms with Crippen LogP contribution in [0.25, 0.3) is 0 Å². The van der Waals surface area contributed by atoms with Crippen molar-refractivity contribution in [1.29, 1.82) is 0 Å². The normalized spacial score (nSPS) is 13.1. The van der Waals surface area contributed by atoms with Crippen molar-refractivity contribution in [3.8, 4) is 0 Å². The molecule has 0 radical (unpaired) electrons. The van der Waals surface area contributed by atoms with E-state index in [9.17, 15) is 8.42 Å². The van der Waals surface area contributed by atoms with Gasteiger partial charge in [-0.05, 0) is 18.3 Å². The Labute approximate surface area is 86.8 Å². The quantitative estimate of drug-likeness (QED) is 0.652. The Kier molecular flexibility index (Phi) is 5.63. The van der Waals surface area contributed by atoms with E-state index in [0.29, 0.717) is 19.4 Å². The number of aliphatic hydroxyl groups is 1. The summed E-state index contributed by atoms with van der Waals surface area (Å²) in [5.74, 6) is 0.101. The lowest BCUT2D eigenvalue weighted by molar-refractivity contribution is 0.287. The maximum Gasteiger partial charge on any atom is 0.211 e. The highest BCUT2D eigenvalue weighted by Gasteiger charge is 2.15. The molecule has 0 fully saturated rings. The zero-order valence-electron chi connectivity index (χ0n) is 9.21. The monoisotopic (exact) mass is 223 g/mol. The van der Waals surface area contributed by atoms with Gasteiger partial charge in [0.05, 0.1) is 5.75 Å². The van der Waals surface area contributed by atoms with E-state index in [2.05, 4.69) is 4.72 Å². The van der Waals surface area contributed by atoms with Crippen LogP contribution in [0.5, 0.6) is 0 Å². The smallest absolute Gasteiger partial charge is 0.211 e. The molecule has 0 aromatic carbocycles. The minimum atomic E-state index is -3.15. The van der Waals surface area contributed by atoms with Crippen molar-refractivity contribution in [1.82, 2.24) is 4.72 Å². The summed E-state index contributed by atoms with van der Waals surface area (Å²) < 4.78 is 25.3. The molecule has 0 aliphatic heterocycles. The fourth-order valence-corrected chi connectivity index (χ4v) is 2.18. The third-order valence-electron chi connectivity index (χ3n) is 1.64. The van der Waals surface area contributed by atoms with E-state index in [1.807, 2.05) is 20.8 Å². The first-order valence-corrected chi connectivity index (χ1v) is 6.50. The fraction of sp³-hybridized carbons (Fsp3) is 1.00. The summed E-state index contributed by atoms with van der Waals surface area (Å²) in [6, 6.07) is 0. The van der Waals surface area contributed by atoms with Crippen LogP contribution in [0.1, 0.15) is 33.6 Å². The molecular formula is C9H21NO3S. The molecule has 0 amide bonds. The minimum Gasteiger partial charge on any atom is -0.396 e. The molecule has 2 N–H and O–H groups in total. The lowest BCUT2D eigenvalue weighted by Crippen LogP contribution is -2.33. The summed E-state index contributed by atoms with van der Waals surface area (Å²) in [4.78, 5) is 0. The molecule has 0 unspecified atom stereocenters. The number of nitrogens with one attached hydrogen (secondary N) is 1. The van der Waals surface area contributed by atoms with Crippen LogP contribution in [0.4, 0.5) is 0 Å². The Balaban J connectivity index is 3.85. The minimum absolute atomic E-state index is 0.0377. The van der Waals surface area contributed by atoms with Crippen LogP contribution >= 0.6 is 0 Å². The molecule has 0 saturated heterocycles. The summed E-state index contributed by atoms with van der Waals surface area (Å²) in [6.45, 7) is 6.43. The van der Waals surface area contributed by atoms with Gasteiger partial charge in [0.25, 0.3) is 0 Å². The Morgan fingerprint density at radius 1 is 1.21 bits per heavy atom. The predicted molar refractivity (Wildman–Crippen MR) is 57.6 cm³/mol. The second kappa shape index (κ2) is 5.68. The van der Waals surface area contributed by atoms with Gasteiger partial charge in [-0.3, -0.25) is 0 Å². The second-order valence-corrected chi connectivity index (χ2v) is 6.56. The molecule has 0 bridgehead atoms. The zero-order chi connectivity index (χ0) is 11.2.